The summed E-state index contributed by atoms with van der Waals surface area (Å²) >= 11 is 0. The summed E-state index contributed by atoms with van der Waals surface area (Å²) in [7, 11) is 0. The first-order chi connectivity index (χ1) is 15.4. The van der Waals surface area contributed by atoms with Gasteiger partial charge in [-0.05, 0) is 46.6 Å². The van der Waals surface area contributed by atoms with E-state index in [1.165, 1.54) is 0 Å². The number of rotatable bonds is 1. The third kappa shape index (κ3) is 2.39. The predicted molar refractivity (Wildman–Crippen MR) is 125 cm³/mol. The fourth-order valence-corrected chi connectivity index (χ4v) is 4.82. The molecule has 0 amide bonds. The molecule has 0 spiro atoms. The number of fused-ring (bicyclic) bond motifs is 5. The maximum absolute atomic E-state index is 6.52. The molecule has 0 radical (unpaired) electrons. The summed E-state index contributed by atoms with van der Waals surface area (Å²) < 4.78 is 12.8. The Morgan fingerprint density at radius 2 is 1.29 bits per heavy atom. The number of nitrogens with zero attached hydrogens (tertiary/aromatic N) is 1. The Morgan fingerprint density at radius 1 is 0.613 bits per heavy atom. The molecular weight excluding hydrogens is 381 g/mol. The summed E-state index contributed by atoms with van der Waals surface area (Å²) in [5.41, 5.74) is 5.27. The van der Waals surface area contributed by atoms with Crippen LogP contribution in [0.5, 0.6) is 23.0 Å². The number of aromatic nitrogens is 1. The Bertz CT molecular complexity index is 1500. The highest BCUT2D eigenvalue weighted by atomic mass is 16.5. The van der Waals surface area contributed by atoms with Gasteiger partial charge in [-0.2, -0.15) is 0 Å². The lowest BCUT2D eigenvalue weighted by molar-refractivity contribution is 0.465. The second kappa shape index (κ2) is 6.23. The highest BCUT2D eigenvalue weighted by Crippen LogP contribution is 2.40. The van der Waals surface area contributed by atoms with Crippen molar-refractivity contribution in [3.8, 4) is 34.3 Å². The van der Waals surface area contributed by atoms with Gasteiger partial charge in [-0.25, -0.2) is 0 Å². The third-order valence-electron chi connectivity index (χ3n) is 6.24. The molecular formula is C27H16BNO2. The van der Waals surface area contributed by atoms with Crippen molar-refractivity contribution >= 4 is 33.9 Å². The lowest BCUT2D eigenvalue weighted by atomic mass is 9.34. The number of hydrogen-bond donors (Lipinski definition) is 0. The van der Waals surface area contributed by atoms with Crippen LogP contribution in [0.3, 0.4) is 0 Å². The smallest absolute Gasteiger partial charge is 0.260 e. The maximum atomic E-state index is 6.52. The fourth-order valence-electron chi connectivity index (χ4n) is 4.82. The molecule has 1 aromatic heterocycles. The summed E-state index contributed by atoms with van der Waals surface area (Å²) in [6.45, 7) is 0.0697. The van der Waals surface area contributed by atoms with Crippen LogP contribution in [0.25, 0.3) is 22.0 Å². The van der Waals surface area contributed by atoms with Gasteiger partial charge in [0.05, 0.1) is 5.69 Å². The summed E-state index contributed by atoms with van der Waals surface area (Å²) in [6.07, 6.45) is 1.93. The van der Waals surface area contributed by atoms with Crippen LogP contribution in [0.2, 0.25) is 0 Å². The zero-order valence-electron chi connectivity index (χ0n) is 16.6. The zero-order valence-corrected chi connectivity index (χ0v) is 16.6. The second-order valence-electron chi connectivity index (χ2n) is 7.98. The van der Waals surface area contributed by atoms with E-state index >= 15 is 0 Å². The molecule has 2 aliphatic rings. The molecule has 3 nitrogen and oxygen atoms in total. The van der Waals surface area contributed by atoms with Crippen LogP contribution in [0, 0.1) is 0 Å². The molecule has 4 aromatic carbocycles. The molecule has 5 aromatic rings. The molecule has 0 saturated heterocycles. The average molecular weight is 397 g/mol. The van der Waals surface area contributed by atoms with Gasteiger partial charge in [-0.1, -0.05) is 60.7 Å². The van der Waals surface area contributed by atoms with Gasteiger partial charge < -0.3 is 9.47 Å². The van der Waals surface area contributed by atoms with Crippen LogP contribution < -0.4 is 25.9 Å². The average Bonchev–Trinajstić information content (AvgIpc) is 2.83. The number of para-hydroxylation sites is 2. The topological polar surface area (TPSA) is 31.4 Å². The fraction of sp³-hybridized carbons (Fsp3) is 0. The van der Waals surface area contributed by atoms with E-state index in [1.807, 2.05) is 42.6 Å². The van der Waals surface area contributed by atoms with Gasteiger partial charge in [0.2, 0.25) is 0 Å². The van der Waals surface area contributed by atoms with Crippen molar-refractivity contribution in [1.29, 1.82) is 0 Å². The number of benzene rings is 4. The summed E-state index contributed by atoms with van der Waals surface area (Å²) in [5.74, 6) is 3.46. The standard InChI is InChI=1S/C27H16BNO2/c1-2-8-18-16-29-22(15-17(18)7-1)19-13-14-25-26-27(19)31-24-12-6-4-10-21(24)28(26)20-9-3-5-11-23(20)30-25/h1-16H. The Balaban J connectivity index is 1.51. The van der Waals surface area contributed by atoms with Crippen LogP contribution in [0.15, 0.2) is 97.2 Å². The summed E-state index contributed by atoms with van der Waals surface area (Å²) in [5, 5.41) is 2.28. The van der Waals surface area contributed by atoms with Crippen LogP contribution in [-0.4, -0.2) is 11.7 Å². The predicted octanol–water partition coefficient (Wildman–Crippen LogP) is 4.63. The first-order valence-corrected chi connectivity index (χ1v) is 10.4. The lowest BCUT2D eigenvalue weighted by Gasteiger charge is -2.33. The van der Waals surface area contributed by atoms with Gasteiger partial charge >= 0.3 is 0 Å². The summed E-state index contributed by atoms with van der Waals surface area (Å²) in [6, 6.07) is 31.1. The zero-order chi connectivity index (χ0) is 20.4. The largest absolute Gasteiger partial charge is 0.458 e. The number of ether oxygens (including phenoxy) is 2. The van der Waals surface area contributed by atoms with Gasteiger partial charge in [-0.15, -0.1) is 0 Å². The molecule has 0 N–H and O–H groups in total. The molecule has 4 heteroatoms. The quantitative estimate of drug-likeness (QED) is 0.379. The molecule has 2 aliphatic heterocycles. The Morgan fingerprint density at radius 3 is 2.10 bits per heavy atom. The molecule has 0 saturated carbocycles. The number of hydrogen-bond acceptors (Lipinski definition) is 3. The first kappa shape index (κ1) is 16.7. The van der Waals surface area contributed by atoms with Crippen LogP contribution in [0.1, 0.15) is 0 Å². The van der Waals surface area contributed by atoms with Crippen LogP contribution in [-0.2, 0) is 0 Å². The van der Waals surface area contributed by atoms with Crippen molar-refractivity contribution < 1.29 is 9.47 Å². The normalized spacial score (nSPS) is 13.0. The van der Waals surface area contributed by atoms with Crippen molar-refractivity contribution in [3.05, 3.63) is 97.2 Å². The van der Waals surface area contributed by atoms with E-state index in [9.17, 15) is 0 Å². The molecule has 3 heterocycles. The van der Waals surface area contributed by atoms with E-state index < -0.39 is 0 Å². The molecule has 31 heavy (non-hydrogen) atoms. The van der Waals surface area contributed by atoms with E-state index in [4.69, 9.17) is 14.5 Å². The SMILES string of the molecule is c1ccc2c(c1)Oc1ccc(-c3cc4ccccc4cn3)c3c1B2c1ccccc1O3. The minimum Gasteiger partial charge on any atom is -0.458 e. The monoisotopic (exact) mass is 397 g/mol. The number of pyridine rings is 1. The van der Waals surface area contributed by atoms with E-state index in [0.717, 1.165) is 61.4 Å². The Kier molecular flexibility index (Phi) is 3.36. The molecule has 0 aliphatic carbocycles. The maximum Gasteiger partial charge on any atom is 0.260 e. The van der Waals surface area contributed by atoms with E-state index in [-0.39, 0.29) is 6.71 Å². The van der Waals surface area contributed by atoms with Gasteiger partial charge in [0, 0.05) is 22.6 Å². The molecule has 7 rings (SSSR count). The van der Waals surface area contributed by atoms with Gasteiger partial charge in [-0.3, -0.25) is 4.98 Å². The van der Waals surface area contributed by atoms with Crippen LogP contribution >= 0.6 is 0 Å². The van der Waals surface area contributed by atoms with Crippen molar-refractivity contribution in [2.75, 3.05) is 0 Å². The Hall–Kier alpha value is -4.05. The second-order valence-corrected chi connectivity index (χ2v) is 7.98. The Labute approximate surface area is 180 Å². The van der Waals surface area contributed by atoms with Gasteiger partial charge in [0.25, 0.3) is 6.71 Å². The molecule has 0 atom stereocenters. The highest BCUT2D eigenvalue weighted by Gasteiger charge is 2.40. The van der Waals surface area contributed by atoms with Crippen molar-refractivity contribution in [2.45, 2.75) is 0 Å². The minimum absolute atomic E-state index is 0.0697. The molecule has 0 fully saturated rings. The first-order valence-electron chi connectivity index (χ1n) is 10.4. The lowest BCUT2D eigenvalue weighted by Crippen LogP contribution is -2.57. The van der Waals surface area contributed by atoms with E-state index in [0.29, 0.717) is 0 Å². The minimum atomic E-state index is 0.0697. The molecule has 0 unspecified atom stereocenters. The van der Waals surface area contributed by atoms with Gasteiger partial charge in [0.15, 0.2) is 0 Å². The van der Waals surface area contributed by atoms with Crippen molar-refractivity contribution in [2.24, 2.45) is 0 Å². The van der Waals surface area contributed by atoms with Crippen molar-refractivity contribution in [1.82, 2.24) is 4.98 Å². The van der Waals surface area contributed by atoms with E-state index in [2.05, 4.69) is 54.6 Å². The van der Waals surface area contributed by atoms with Gasteiger partial charge in [0.1, 0.15) is 23.0 Å². The van der Waals surface area contributed by atoms with Crippen LogP contribution in [0.4, 0.5) is 0 Å². The molecule has 0 bridgehead atoms. The van der Waals surface area contributed by atoms with Crippen molar-refractivity contribution in [3.63, 3.8) is 0 Å². The molecule has 144 valence electrons. The van der Waals surface area contributed by atoms with E-state index in [1.54, 1.807) is 0 Å². The highest BCUT2D eigenvalue weighted by molar-refractivity contribution is 6.98. The third-order valence-corrected chi connectivity index (χ3v) is 6.24. The summed E-state index contributed by atoms with van der Waals surface area (Å²) in [4.78, 5) is 4.76.